The van der Waals surface area contributed by atoms with Gasteiger partial charge in [-0.15, -0.1) is 0 Å². The lowest BCUT2D eigenvalue weighted by atomic mass is 9.80. The Balaban J connectivity index is 1.87. The Bertz CT molecular complexity index is 656. The fraction of sp³-hybridized carbons (Fsp3) is 0.350. The zero-order valence-electron chi connectivity index (χ0n) is 13.7. The fourth-order valence-electron chi connectivity index (χ4n) is 4.17. The summed E-state index contributed by atoms with van der Waals surface area (Å²) in [7, 11) is 0. The van der Waals surface area contributed by atoms with Crippen LogP contribution in [-0.2, 0) is 5.54 Å². The summed E-state index contributed by atoms with van der Waals surface area (Å²) >= 11 is 0. The minimum Gasteiger partial charge on any atom is -0.335 e. The Morgan fingerprint density at radius 2 is 1.42 bits per heavy atom. The molecule has 0 bridgehead atoms. The van der Waals surface area contributed by atoms with Crippen molar-refractivity contribution < 1.29 is 4.79 Å². The predicted molar refractivity (Wildman–Crippen MR) is 94.8 cm³/mol. The first kappa shape index (κ1) is 15.2. The molecule has 2 fully saturated rings. The summed E-state index contributed by atoms with van der Waals surface area (Å²) in [4.78, 5) is 14.9. The molecule has 0 aliphatic carbocycles. The number of nitrogens with zero attached hydrogens (tertiary/aromatic N) is 1. The first-order valence-electron chi connectivity index (χ1n) is 8.71. The lowest BCUT2D eigenvalue weighted by Crippen LogP contribution is -2.53. The van der Waals surface area contributed by atoms with Gasteiger partial charge in [-0.05, 0) is 37.1 Å². The average Bonchev–Trinajstić information content (AvgIpc) is 3.02. The molecule has 4 nitrogen and oxygen atoms in total. The number of benzene rings is 2. The molecule has 0 aromatic heterocycles. The zero-order valence-corrected chi connectivity index (χ0v) is 13.7. The molecule has 24 heavy (non-hydrogen) atoms. The molecule has 2 aliphatic rings. The number of nitrogens with one attached hydrogen (secondary N) is 2. The van der Waals surface area contributed by atoms with Gasteiger partial charge in [0, 0.05) is 6.04 Å². The molecule has 0 saturated carbocycles. The normalized spacial score (nSPS) is 20.8. The Labute approximate surface area is 142 Å². The highest BCUT2D eigenvalue weighted by atomic mass is 16.2. The molecule has 2 saturated heterocycles. The molecule has 0 unspecified atom stereocenters. The quantitative estimate of drug-likeness (QED) is 0.913. The molecular formula is C20H23N3O. The molecule has 4 heteroatoms. The minimum absolute atomic E-state index is 0.0506. The van der Waals surface area contributed by atoms with Crippen molar-refractivity contribution in [3.8, 4) is 0 Å². The van der Waals surface area contributed by atoms with Crippen LogP contribution in [0.4, 0.5) is 4.79 Å². The highest BCUT2D eigenvalue weighted by molar-refractivity contribution is 5.80. The van der Waals surface area contributed by atoms with Crippen molar-refractivity contribution in [1.29, 1.82) is 0 Å². The highest BCUT2D eigenvalue weighted by Crippen LogP contribution is 2.41. The maximum absolute atomic E-state index is 12.8. The lowest BCUT2D eigenvalue weighted by molar-refractivity contribution is 0.121. The standard InChI is InChI=1S/C20H23N3O/c24-19-22-15-20(16-7-3-1-4-8-16,17-9-5-2-6-10-17)23(19)18-11-13-21-14-12-18/h1-10,18,21H,11-15H2,(H,22,24). The molecule has 2 aromatic rings. The second kappa shape index (κ2) is 6.29. The van der Waals surface area contributed by atoms with Crippen LogP contribution in [0.5, 0.6) is 0 Å². The van der Waals surface area contributed by atoms with Gasteiger partial charge in [-0.25, -0.2) is 4.79 Å². The monoisotopic (exact) mass is 321 g/mol. The molecule has 0 spiro atoms. The van der Waals surface area contributed by atoms with Crippen molar-refractivity contribution >= 4 is 6.03 Å². The van der Waals surface area contributed by atoms with E-state index in [2.05, 4.69) is 64.1 Å². The van der Waals surface area contributed by atoms with Crippen molar-refractivity contribution in [2.24, 2.45) is 0 Å². The number of carbonyl (C=O) groups is 1. The third kappa shape index (κ3) is 2.38. The molecule has 2 amide bonds. The summed E-state index contributed by atoms with van der Waals surface area (Å²) in [5.74, 6) is 0. The molecule has 0 radical (unpaired) electrons. The van der Waals surface area contributed by atoms with Crippen LogP contribution in [0, 0.1) is 0 Å². The van der Waals surface area contributed by atoms with Gasteiger partial charge in [0.2, 0.25) is 0 Å². The van der Waals surface area contributed by atoms with Gasteiger partial charge >= 0.3 is 6.03 Å². The van der Waals surface area contributed by atoms with Gasteiger partial charge in [0.1, 0.15) is 5.54 Å². The highest BCUT2D eigenvalue weighted by Gasteiger charge is 2.50. The average molecular weight is 321 g/mol. The number of hydrogen-bond acceptors (Lipinski definition) is 2. The zero-order chi connectivity index (χ0) is 16.4. The summed E-state index contributed by atoms with van der Waals surface area (Å²) in [6, 6.07) is 21.2. The van der Waals surface area contributed by atoms with E-state index < -0.39 is 5.54 Å². The number of urea groups is 1. The van der Waals surface area contributed by atoms with E-state index in [4.69, 9.17) is 0 Å². The van der Waals surface area contributed by atoms with Crippen LogP contribution in [0.3, 0.4) is 0 Å². The Morgan fingerprint density at radius 3 is 1.96 bits per heavy atom. The van der Waals surface area contributed by atoms with E-state index >= 15 is 0 Å². The number of carbonyl (C=O) groups excluding carboxylic acids is 1. The van der Waals surface area contributed by atoms with E-state index in [1.54, 1.807) is 0 Å². The van der Waals surface area contributed by atoms with E-state index in [0.29, 0.717) is 6.54 Å². The Morgan fingerprint density at radius 1 is 0.875 bits per heavy atom. The first-order valence-corrected chi connectivity index (χ1v) is 8.71. The molecular weight excluding hydrogens is 298 g/mol. The summed E-state index contributed by atoms with van der Waals surface area (Å²) in [5, 5.41) is 6.52. The van der Waals surface area contributed by atoms with Crippen molar-refractivity contribution in [1.82, 2.24) is 15.5 Å². The van der Waals surface area contributed by atoms with E-state index in [-0.39, 0.29) is 12.1 Å². The van der Waals surface area contributed by atoms with Gasteiger partial charge < -0.3 is 15.5 Å². The largest absolute Gasteiger partial charge is 0.335 e. The number of amides is 2. The minimum atomic E-state index is -0.429. The number of rotatable bonds is 3. The third-order valence-corrected chi connectivity index (χ3v) is 5.30. The summed E-state index contributed by atoms with van der Waals surface area (Å²) < 4.78 is 0. The molecule has 0 atom stereocenters. The van der Waals surface area contributed by atoms with Gasteiger partial charge in [-0.3, -0.25) is 0 Å². The van der Waals surface area contributed by atoms with Crippen LogP contribution < -0.4 is 10.6 Å². The fourth-order valence-corrected chi connectivity index (χ4v) is 4.17. The molecule has 4 rings (SSSR count). The number of piperidine rings is 1. The molecule has 2 N–H and O–H groups in total. The van der Waals surface area contributed by atoms with E-state index in [1.165, 1.54) is 11.1 Å². The van der Waals surface area contributed by atoms with E-state index in [9.17, 15) is 4.79 Å². The Kier molecular flexibility index (Phi) is 3.98. The summed E-state index contributed by atoms with van der Waals surface area (Å²) in [5.41, 5.74) is 1.92. The van der Waals surface area contributed by atoms with Crippen LogP contribution in [0.25, 0.3) is 0 Å². The topological polar surface area (TPSA) is 44.4 Å². The van der Waals surface area contributed by atoms with E-state index in [1.807, 2.05) is 12.1 Å². The van der Waals surface area contributed by atoms with Gasteiger partial charge in [0.15, 0.2) is 0 Å². The smallest absolute Gasteiger partial charge is 0.318 e. The van der Waals surface area contributed by atoms with Crippen molar-refractivity contribution in [2.45, 2.75) is 24.4 Å². The van der Waals surface area contributed by atoms with Crippen LogP contribution >= 0.6 is 0 Å². The Hall–Kier alpha value is -2.33. The van der Waals surface area contributed by atoms with Crippen LogP contribution in [-0.4, -0.2) is 36.6 Å². The van der Waals surface area contributed by atoms with E-state index in [0.717, 1.165) is 25.9 Å². The second-order valence-electron chi connectivity index (χ2n) is 6.60. The maximum Gasteiger partial charge on any atom is 0.318 e. The predicted octanol–water partition coefficient (Wildman–Crippen LogP) is 2.71. The summed E-state index contributed by atoms with van der Waals surface area (Å²) in [6.07, 6.45) is 1.99. The van der Waals surface area contributed by atoms with Crippen molar-refractivity contribution in [2.75, 3.05) is 19.6 Å². The second-order valence-corrected chi connectivity index (χ2v) is 6.60. The SMILES string of the molecule is O=C1NCC(c2ccccc2)(c2ccccc2)N1C1CCNCC1. The molecule has 2 heterocycles. The van der Waals surface area contributed by atoms with Gasteiger partial charge in [0.05, 0.1) is 6.54 Å². The molecule has 2 aromatic carbocycles. The summed E-state index contributed by atoms with van der Waals surface area (Å²) in [6.45, 7) is 2.55. The van der Waals surface area contributed by atoms with Crippen LogP contribution in [0.2, 0.25) is 0 Å². The third-order valence-electron chi connectivity index (χ3n) is 5.30. The molecule has 2 aliphatic heterocycles. The van der Waals surface area contributed by atoms with Gasteiger partial charge in [-0.2, -0.15) is 0 Å². The lowest BCUT2D eigenvalue weighted by Gasteiger charge is -2.44. The van der Waals surface area contributed by atoms with Crippen molar-refractivity contribution in [3.05, 3.63) is 71.8 Å². The maximum atomic E-state index is 12.8. The van der Waals surface area contributed by atoms with Gasteiger partial charge in [-0.1, -0.05) is 60.7 Å². The first-order chi connectivity index (χ1) is 11.8. The molecule has 124 valence electrons. The van der Waals surface area contributed by atoms with Crippen LogP contribution in [0.15, 0.2) is 60.7 Å². The van der Waals surface area contributed by atoms with Crippen molar-refractivity contribution in [3.63, 3.8) is 0 Å². The number of hydrogen-bond donors (Lipinski definition) is 2. The van der Waals surface area contributed by atoms with Crippen LogP contribution in [0.1, 0.15) is 24.0 Å². The van der Waals surface area contributed by atoms with Gasteiger partial charge in [0.25, 0.3) is 0 Å².